The van der Waals surface area contributed by atoms with Gasteiger partial charge < -0.3 is 15.7 Å². The summed E-state index contributed by atoms with van der Waals surface area (Å²) in [4.78, 5) is 9.59. The Morgan fingerprint density at radius 2 is 1.49 bits per heavy atom. The predicted octanol–water partition coefficient (Wildman–Crippen LogP) is 1.86. The lowest BCUT2D eigenvalue weighted by atomic mass is 10.1. The zero-order valence-electron chi connectivity index (χ0n) is 18.5. The number of amides is 1. The molecule has 0 fully saturated rings. The maximum absolute atomic E-state index is 12.2. The van der Waals surface area contributed by atoms with Gasteiger partial charge in [0, 0.05) is 5.39 Å². The van der Waals surface area contributed by atoms with Gasteiger partial charge in [-0.1, -0.05) is 12.1 Å². The van der Waals surface area contributed by atoms with E-state index in [1.54, 1.807) is 0 Å². The van der Waals surface area contributed by atoms with Gasteiger partial charge in [0.2, 0.25) is 5.91 Å². The third-order valence-electron chi connectivity index (χ3n) is 4.71. The first-order valence-electron chi connectivity index (χ1n) is 9.75. The molecule has 0 saturated carbocycles. The van der Waals surface area contributed by atoms with Crippen molar-refractivity contribution in [3.8, 4) is 5.75 Å². The highest BCUT2D eigenvalue weighted by Gasteiger charge is 2.26. The fraction of sp³-hybridized carbons (Fsp3) is 0.105. The highest BCUT2D eigenvalue weighted by Crippen LogP contribution is 2.45. The number of aromatic hydroxyl groups is 1. The Kier molecular flexibility index (Phi) is 7.65. The number of hydrogen-bond acceptors (Lipinski definition) is 11. The number of fused-ring (bicyclic) bond motifs is 1. The van der Waals surface area contributed by atoms with Crippen LogP contribution in [0.25, 0.3) is 10.8 Å². The second-order valence-electron chi connectivity index (χ2n) is 7.31. The highest BCUT2D eigenvalue weighted by atomic mass is 32.2. The van der Waals surface area contributed by atoms with E-state index in [2.05, 4.69) is 20.9 Å². The van der Waals surface area contributed by atoms with Gasteiger partial charge in [-0.15, -0.1) is 10.2 Å². The van der Waals surface area contributed by atoms with E-state index >= 15 is 0 Å². The van der Waals surface area contributed by atoms with Crippen LogP contribution in [-0.2, 0) is 35.1 Å². The molecule has 15 nitrogen and oxygen atoms in total. The Bertz CT molecular complexity index is 1770. The topological polar surface area (TPSA) is 249 Å². The molecule has 0 aliphatic heterocycles. The van der Waals surface area contributed by atoms with Gasteiger partial charge in [-0.3, -0.25) is 18.5 Å². The number of carbonyl (C=O) groups excluding carboxylic acids is 1. The standard InChI is InChI=1S/C19H18N4O11S3/c1-20-9-16(24)21-13-8-11(35(26,27)28)6-10-7-15(37(32,33)34)18(19(25)17(10)13)23-22-12-4-2-3-5-14(12)36(29,30)31/h2-8,20,25H,9H2,1H3,(H,21,24)(H,26,27,28)(H,29,30,31)(H,32,33,34). The summed E-state index contributed by atoms with van der Waals surface area (Å²) in [7, 11) is -13.4. The van der Waals surface area contributed by atoms with Crippen molar-refractivity contribution in [3.63, 3.8) is 0 Å². The normalized spacial score (nSPS) is 12.8. The molecule has 6 N–H and O–H groups in total. The van der Waals surface area contributed by atoms with Crippen molar-refractivity contribution < 1.29 is 48.8 Å². The quantitative estimate of drug-likeness (QED) is 0.167. The molecule has 0 unspecified atom stereocenters. The van der Waals surface area contributed by atoms with Crippen molar-refractivity contribution >= 4 is 64.1 Å². The van der Waals surface area contributed by atoms with E-state index in [-0.39, 0.29) is 23.0 Å². The largest absolute Gasteiger partial charge is 0.505 e. The number of azo groups is 1. The molecule has 3 rings (SSSR count). The Morgan fingerprint density at radius 1 is 0.865 bits per heavy atom. The maximum atomic E-state index is 12.2. The van der Waals surface area contributed by atoms with Crippen molar-refractivity contribution in [2.45, 2.75) is 14.7 Å². The smallest absolute Gasteiger partial charge is 0.296 e. The highest BCUT2D eigenvalue weighted by molar-refractivity contribution is 7.86. The van der Waals surface area contributed by atoms with Gasteiger partial charge in [0.15, 0.2) is 5.75 Å². The summed E-state index contributed by atoms with van der Waals surface area (Å²) in [5, 5.41) is 22.2. The first-order chi connectivity index (χ1) is 17.0. The Morgan fingerprint density at radius 3 is 2.05 bits per heavy atom. The third kappa shape index (κ3) is 6.25. The van der Waals surface area contributed by atoms with Crippen LogP contribution in [0.5, 0.6) is 5.75 Å². The minimum atomic E-state index is -5.17. The minimum Gasteiger partial charge on any atom is -0.505 e. The number of carbonyl (C=O) groups is 1. The maximum Gasteiger partial charge on any atom is 0.296 e. The summed E-state index contributed by atoms with van der Waals surface area (Å²) in [5.74, 6) is -1.74. The SMILES string of the molecule is CNCC(=O)Nc1cc(S(=O)(=O)O)cc2cc(S(=O)(=O)O)c(N=Nc3ccccc3S(=O)(=O)O)c(O)c12. The van der Waals surface area contributed by atoms with E-state index in [0.717, 1.165) is 24.3 Å². The number of nitrogens with zero attached hydrogens (tertiary/aromatic N) is 2. The van der Waals surface area contributed by atoms with Crippen LogP contribution in [-0.4, -0.2) is 63.5 Å². The summed E-state index contributed by atoms with van der Waals surface area (Å²) < 4.78 is 99.4. The number of rotatable bonds is 8. The van der Waals surface area contributed by atoms with E-state index in [1.807, 2.05) is 0 Å². The predicted molar refractivity (Wildman–Crippen MR) is 128 cm³/mol. The molecule has 37 heavy (non-hydrogen) atoms. The van der Waals surface area contributed by atoms with Crippen LogP contribution in [0.1, 0.15) is 0 Å². The Labute approximate surface area is 210 Å². The Balaban J connectivity index is 2.40. The van der Waals surface area contributed by atoms with Gasteiger partial charge in [0.25, 0.3) is 30.4 Å². The molecule has 0 radical (unpaired) electrons. The molecule has 0 heterocycles. The molecular weight excluding hydrogens is 556 g/mol. The molecule has 0 bridgehead atoms. The third-order valence-corrected chi connectivity index (χ3v) is 7.31. The number of anilines is 1. The van der Waals surface area contributed by atoms with Crippen molar-refractivity contribution in [2.24, 2.45) is 10.2 Å². The lowest BCUT2D eigenvalue weighted by Crippen LogP contribution is -2.25. The van der Waals surface area contributed by atoms with Crippen molar-refractivity contribution in [2.75, 3.05) is 18.9 Å². The van der Waals surface area contributed by atoms with Crippen LogP contribution in [0.15, 0.2) is 67.4 Å². The van der Waals surface area contributed by atoms with Crippen molar-refractivity contribution in [1.29, 1.82) is 0 Å². The zero-order chi connectivity index (χ0) is 27.8. The molecular formula is C19H18N4O11S3. The van der Waals surface area contributed by atoms with Crippen LogP contribution in [0.2, 0.25) is 0 Å². The molecule has 0 spiro atoms. The van der Waals surface area contributed by atoms with Gasteiger partial charge >= 0.3 is 0 Å². The molecule has 18 heteroatoms. The summed E-state index contributed by atoms with van der Waals surface area (Å²) in [5.41, 5.74) is -1.77. The van der Waals surface area contributed by atoms with E-state index < -0.39 is 68.1 Å². The number of hydrogen-bond donors (Lipinski definition) is 6. The van der Waals surface area contributed by atoms with Crippen molar-refractivity contribution in [1.82, 2.24) is 5.32 Å². The first kappa shape index (κ1) is 28.1. The molecule has 0 aromatic heterocycles. The van der Waals surface area contributed by atoms with Gasteiger partial charge in [0.1, 0.15) is 21.2 Å². The molecule has 0 aliphatic rings. The lowest BCUT2D eigenvalue weighted by Gasteiger charge is -2.15. The van der Waals surface area contributed by atoms with Crippen LogP contribution >= 0.6 is 0 Å². The average Bonchev–Trinajstić information content (AvgIpc) is 2.76. The van der Waals surface area contributed by atoms with E-state index in [4.69, 9.17) is 0 Å². The molecule has 3 aromatic carbocycles. The fourth-order valence-corrected chi connectivity index (χ4v) is 5.04. The number of phenolic OH excluding ortho intramolecular Hbond substituents is 1. The van der Waals surface area contributed by atoms with Gasteiger partial charge in [-0.2, -0.15) is 25.3 Å². The van der Waals surface area contributed by atoms with Gasteiger partial charge in [-0.05, 0) is 42.8 Å². The van der Waals surface area contributed by atoms with E-state index in [9.17, 15) is 48.8 Å². The van der Waals surface area contributed by atoms with E-state index in [1.165, 1.54) is 19.2 Å². The molecule has 0 atom stereocenters. The van der Waals surface area contributed by atoms with Gasteiger partial charge in [0.05, 0.1) is 17.1 Å². The van der Waals surface area contributed by atoms with Crippen LogP contribution < -0.4 is 10.6 Å². The molecule has 1 amide bonds. The second kappa shape index (κ2) is 10.1. The molecule has 198 valence electrons. The van der Waals surface area contributed by atoms with Crippen LogP contribution in [0, 0.1) is 0 Å². The van der Waals surface area contributed by atoms with Crippen LogP contribution in [0.3, 0.4) is 0 Å². The number of phenols is 1. The van der Waals surface area contributed by atoms with Crippen LogP contribution in [0.4, 0.5) is 17.1 Å². The average molecular weight is 575 g/mol. The number of likely N-dealkylation sites (N-methyl/N-ethyl adjacent to an activating group) is 1. The summed E-state index contributed by atoms with van der Waals surface area (Å²) in [6.07, 6.45) is 0. The fourth-order valence-electron chi connectivity index (χ4n) is 3.22. The zero-order valence-corrected chi connectivity index (χ0v) is 21.0. The van der Waals surface area contributed by atoms with Gasteiger partial charge in [-0.25, -0.2) is 0 Å². The first-order valence-corrected chi connectivity index (χ1v) is 14.1. The number of nitrogens with one attached hydrogen (secondary N) is 2. The summed E-state index contributed by atoms with van der Waals surface area (Å²) in [6.45, 7) is -0.263. The lowest BCUT2D eigenvalue weighted by molar-refractivity contribution is -0.115. The number of benzene rings is 3. The minimum absolute atomic E-state index is 0.263. The molecule has 0 saturated heterocycles. The summed E-state index contributed by atoms with van der Waals surface area (Å²) >= 11 is 0. The monoisotopic (exact) mass is 574 g/mol. The summed E-state index contributed by atoms with van der Waals surface area (Å²) in [6, 6.07) is 6.88. The Hall–Kier alpha value is -3.52. The molecule has 3 aromatic rings. The van der Waals surface area contributed by atoms with E-state index in [0.29, 0.717) is 6.07 Å². The molecule has 0 aliphatic carbocycles. The van der Waals surface area contributed by atoms with Crippen molar-refractivity contribution in [3.05, 3.63) is 42.5 Å². The second-order valence-corrected chi connectivity index (χ2v) is 11.5.